The van der Waals surface area contributed by atoms with E-state index in [9.17, 15) is 0 Å². The van der Waals surface area contributed by atoms with E-state index in [-0.39, 0.29) is 0 Å². The minimum Gasteiger partial charge on any atom is -0.169 e. The second-order valence-corrected chi connectivity index (χ2v) is 2.62. The molecule has 1 heterocycles. The third-order valence-corrected chi connectivity index (χ3v) is 1.78. The van der Waals surface area contributed by atoms with E-state index in [1.165, 1.54) is 0 Å². The molecule has 1 aliphatic rings. The molecule has 0 saturated carbocycles. The largest absolute Gasteiger partial charge is 0.169 e. The summed E-state index contributed by atoms with van der Waals surface area (Å²) < 4.78 is 0. The monoisotopic (exact) mass is 159 g/mol. The van der Waals surface area contributed by atoms with Gasteiger partial charge in [-0.05, 0) is 10.8 Å². The lowest BCUT2D eigenvalue weighted by Crippen LogP contribution is -2.04. The molecule has 0 bridgehead atoms. The molecule has 0 N–H and O–H groups in total. The minimum absolute atomic E-state index is 0.758. The Morgan fingerprint density at radius 1 is 1.08 bits per heavy atom. The maximum absolute atomic E-state index is 3.97. The van der Waals surface area contributed by atoms with Gasteiger partial charge >= 0.3 is 0 Å². The van der Waals surface area contributed by atoms with Crippen molar-refractivity contribution in [2.24, 2.45) is 15.4 Å². The minimum atomic E-state index is 0.758. The Morgan fingerprint density at radius 2 is 1.92 bits per heavy atom. The molecule has 12 heavy (non-hydrogen) atoms. The fourth-order valence-electron chi connectivity index (χ4n) is 1.17. The summed E-state index contributed by atoms with van der Waals surface area (Å²) >= 11 is 0. The molecule has 0 unspecified atom stereocenters. The van der Waals surface area contributed by atoms with E-state index in [0.29, 0.717) is 0 Å². The second kappa shape index (κ2) is 3.26. The van der Waals surface area contributed by atoms with Crippen molar-refractivity contribution in [2.45, 2.75) is 6.42 Å². The summed E-state index contributed by atoms with van der Waals surface area (Å²) in [5.41, 5.74) is 2.18. The van der Waals surface area contributed by atoms with Gasteiger partial charge in [-0.1, -0.05) is 30.3 Å². The van der Waals surface area contributed by atoms with Gasteiger partial charge in [0.15, 0.2) is 0 Å². The summed E-state index contributed by atoms with van der Waals surface area (Å²) in [5.74, 6) is 0. The fraction of sp³-hybridized carbons (Fsp3) is 0.222. The summed E-state index contributed by atoms with van der Waals surface area (Å²) in [5, 5.41) is 11.4. The van der Waals surface area contributed by atoms with Gasteiger partial charge in [0.25, 0.3) is 0 Å². The van der Waals surface area contributed by atoms with Crippen LogP contribution in [0.2, 0.25) is 0 Å². The van der Waals surface area contributed by atoms with Gasteiger partial charge in [0.05, 0.1) is 12.3 Å². The van der Waals surface area contributed by atoms with Crippen molar-refractivity contribution in [3.63, 3.8) is 0 Å². The Morgan fingerprint density at radius 3 is 2.58 bits per heavy atom. The molecule has 0 fully saturated rings. The smallest absolute Gasteiger partial charge is 0.0739 e. The van der Waals surface area contributed by atoms with Crippen LogP contribution in [0.1, 0.15) is 12.0 Å². The van der Waals surface area contributed by atoms with Crippen molar-refractivity contribution in [3.05, 3.63) is 35.9 Å². The molecule has 0 saturated heterocycles. The van der Waals surface area contributed by atoms with Gasteiger partial charge in [-0.2, -0.15) is 5.11 Å². The Bertz CT molecular complexity index is 314. The molecule has 1 aromatic rings. The fourth-order valence-corrected chi connectivity index (χ4v) is 1.17. The Hall–Kier alpha value is -1.51. The zero-order valence-corrected chi connectivity index (χ0v) is 6.64. The van der Waals surface area contributed by atoms with Crippen molar-refractivity contribution in [1.82, 2.24) is 0 Å². The number of hydrogen-bond donors (Lipinski definition) is 0. The zero-order valence-electron chi connectivity index (χ0n) is 6.64. The third kappa shape index (κ3) is 1.39. The van der Waals surface area contributed by atoms with E-state index in [2.05, 4.69) is 15.4 Å². The number of nitrogens with zero attached hydrogens (tertiary/aromatic N) is 3. The molecule has 0 spiro atoms. The first-order chi connectivity index (χ1) is 5.97. The van der Waals surface area contributed by atoms with Crippen LogP contribution in [0.25, 0.3) is 0 Å². The van der Waals surface area contributed by atoms with Crippen LogP contribution >= 0.6 is 0 Å². The summed E-state index contributed by atoms with van der Waals surface area (Å²) in [6, 6.07) is 10.1. The molecule has 0 aliphatic carbocycles. The first-order valence-corrected chi connectivity index (χ1v) is 3.95. The summed E-state index contributed by atoms with van der Waals surface area (Å²) in [7, 11) is 0. The van der Waals surface area contributed by atoms with Crippen LogP contribution in [0.15, 0.2) is 45.8 Å². The standard InChI is InChI=1S/C9H9N3/c1-2-4-8(5-3-1)9-6-7-10-12-11-9/h1-5H,6-7H2. The summed E-state index contributed by atoms with van der Waals surface area (Å²) in [4.78, 5) is 0. The SMILES string of the molecule is c1ccc(C2=NN=NCC2)cc1. The molecule has 0 atom stereocenters. The molecule has 0 amide bonds. The topological polar surface area (TPSA) is 37.1 Å². The predicted molar refractivity (Wildman–Crippen MR) is 47.3 cm³/mol. The van der Waals surface area contributed by atoms with Gasteiger partial charge in [0.2, 0.25) is 0 Å². The van der Waals surface area contributed by atoms with Crippen molar-refractivity contribution in [2.75, 3.05) is 6.54 Å². The molecule has 1 aliphatic heterocycles. The zero-order chi connectivity index (χ0) is 8.23. The van der Waals surface area contributed by atoms with Crippen LogP contribution in [0.5, 0.6) is 0 Å². The van der Waals surface area contributed by atoms with E-state index in [4.69, 9.17) is 0 Å². The first kappa shape index (κ1) is 7.16. The van der Waals surface area contributed by atoms with Crippen LogP contribution in [0, 0.1) is 0 Å². The van der Waals surface area contributed by atoms with Gasteiger partial charge in [-0.3, -0.25) is 0 Å². The molecular formula is C9H9N3. The van der Waals surface area contributed by atoms with Gasteiger partial charge in [-0.15, -0.1) is 5.10 Å². The molecule has 2 rings (SSSR count). The summed E-state index contributed by atoms with van der Waals surface area (Å²) in [6.07, 6.45) is 0.896. The highest BCUT2D eigenvalue weighted by Crippen LogP contribution is 2.08. The highest BCUT2D eigenvalue weighted by molar-refractivity contribution is 6.00. The lowest BCUT2D eigenvalue weighted by molar-refractivity contribution is 0.849. The number of benzene rings is 1. The van der Waals surface area contributed by atoms with Crippen LogP contribution in [-0.4, -0.2) is 12.3 Å². The van der Waals surface area contributed by atoms with E-state index < -0.39 is 0 Å². The van der Waals surface area contributed by atoms with Crippen molar-refractivity contribution >= 4 is 5.71 Å². The van der Waals surface area contributed by atoms with Gasteiger partial charge in [-0.25, -0.2) is 0 Å². The van der Waals surface area contributed by atoms with Crippen LogP contribution in [0.4, 0.5) is 0 Å². The van der Waals surface area contributed by atoms with E-state index >= 15 is 0 Å². The predicted octanol–water partition coefficient (Wildman–Crippen LogP) is 2.25. The molecule has 3 nitrogen and oxygen atoms in total. The van der Waals surface area contributed by atoms with Gasteiger partial charge < -0.3 is 0 Å². The van der Waals surface area contributed by atoms with Crippen molar-refractivity contribution in [3.8, 4) is 0 Å². The van der Waals surface area contributed by atoms with Crippen LogP contribution < -0.4 is 0 Å². The highest BCUT2D eigenvalue weighted by Gasteiger charge is 2.04. The van der Waals surface area contributed by atoms with E-state index in [0.717, 1.165) is 24.2 Å². The maximum Gasteiger partial charge on any atom is 0.0739 e. The van der Waals surface area contributed by atoms with E-state index in [1.807, 2.05) is 30.3 Å². The Balaban J connectivity index is 2.31. The average molecular weight is 159 g/mol. The molecule has 0 aromatic heterocycles. The van der Waals surface area contributed by atoms with Gasteiger partial charge in [0, 0.05) is 6.42 Å². The lowest BCUT2D eigenvalue weighted by Gasteiger charge is -2.04. The van der Waals surface area contributed by atoms with E-state index in [1.54, 1.807) is 0 Å². The average Bonchev–Trinajstić information content (AvgIpc) is 2.21. The summed E-state index contributed by atoms with van der Waals surface area (Å²) in [6.45, 7) is 0.758. The Labute approximate surface area is 70.8 Å². The molecule has 3 heteroatoms. The van der Waals surface area contributed by atoms with Crippen LogP contribution in [0.3, 0.4) is 0 Å². The first-order valence-electron chi connectivity index (χ1n) is 3.95. The van der Waals surface area contributed by atoms with Crippen molar-refractivity contribution in [1.29, 1.82) is 0 Å². The highest BCUT2D eigenvalue weighted by atomic mass is 15.4. The maximum atomic E-state index is 3.97. The van der Waals surface area contributed by atoms with Gasteiger partial charge in [0.1, 0.15) is 0 Å². The molecular weight excluding hydrogens is 150 g/mol. The Kier molecular flexibility index (Phi) is 1.94. The normalized spacial score (nSPS) is 15.8. The number of rotatable bonds is 1. The molecule has 0 radical (unpaired) electrons. The van der Waals surface area contributed by atoms with Crippen molar-refractivity contribution < 1.29 is 0 Å². The lowest BCUT2D eigenvalue weighted by atomic mass is 10.1. The quantitative estimate of drug-likeness (QED) is 0.602. The van der Waals surface area contributed by atoms with Crippen LogP contribution in [-0.2, 0) is 0 Å². The third-order valence-electron chi connectivity index (χ3n) is 1.78. The molecule has 60 valence electrons. The number of hydrogen-bond acceptors (Lipinski definition) is 3. The molecule has 1 aromatic carbocycles. The second-order valence-electron chi connectivity index (χ2n) is 2.62.